The second-order valence-electron chi connectivity index (χ2n) is 11.0. The minimum absolute atomic E-state index is 0.138. The van der Waals surface area contributed by atoms with Gasteiger partial charge in [0.15, 0.2) is 5.78 Å². The Morgan fingerprint density at radius 3 is 2.60 bits per heavy atom. The van der Waals surface area contributed by atoms with Crippen molar-refractivity contribution >= 4 is 23.2 Å². The van der Waals surface area contributed by atoms with Crippen LogP contribution in [0.3, 0.4) is 0 Å². The minimum atomic E-state index is -0.383. The third-order valence-corrected chi connectivity index (χ3v) is 8.16. The quantitative estimate of drug-likeness (QED) is 0.351. The molecule has 2 saturated heterocycles. The largest absolute Gasteiger partial charge is 0.379 e. The molecule has 6 rings (SSSR count). The van der Waals surface area contributed by atoms with E-state index in [4.69, 9.17) is 4.74 Å². The van der Waals surface area contributed by atoms with E-state index < -0.39 is 0 Å². The first-order chi connectivity index (χ1) is 19.4. The maximum Gasteiger partial charge on any atom is 0.333 e. The number of hydrazine groups is 1. The summed E-state index contributed by atoms with van der Waals surface area (Å²) in [6.07, 6.45) is 1.14. The Labute approximate surface area is 234 Å². The summed E-state index contributed by atoms with van der Waals surface area (Å²) in [5, 5.41) is 12.4. The molecule has 0 spiro atoms. The minimum Gasteiger partial charge on any atom is -0.379 e. The van der Waals surface area contributed by atoms with E-state index in [9.17, 15) is 9.59 Å². The molecular formula is C30H37N7O3. The van der Waals surface area contributed by atoms with Gasteiger partial charge in [-0.25, -0.2) is 9.80 Å². The summed E-state index contributed by atoms with van der Waals surface area (Å²) < 4.78 is 5.34. The normalized spacial score (nSPS) is 18.0. The van der Waals surface area contributed by atoms with E-state index in [1.165, 1.54) is 5.69 Å². The fraction of sp³-hybridized carbons (Fsp3) is 0.433. The van der Waals surface area contributed by atoms with Crippen molar-refractivity contribution in [1.29, 1.82) is 0 Å². The van der Waals surface area contributed by atoms with Gasteiger partial charge < -0.3 is 15.0 Å². The van der Waals surface area contributed by atoms with Crippen molar-refractivity contribution in [1.82, 2.24) is 25.5 Å². The van der Waals surface area contributed by atoms with Crippen LogP contribution in [0.4, 0.5) is 16.2 Å². The van der Waals surface area contributed by atoms with Gasteiger partial charge in [-0.2, -0.15) is 5.10 Å². The molecule has 0 saturated carbocycles. The Hall–Kier alpha value is -3.73. The predicted octanol–water partition coefficient (Wildman–Crippen LogP) is 3.89. The molecule has 0 unspecified atom stereocenters. The summed E-state index contributed by atoms with van der Waals surface area (Å²) in [6, 6.07) is 12.1. The number of aromatic amines is 1. The lowest BCUT2D eigenvalue weighted by molar-refractivity contribution is 0.0207. The number of ketones is 1. The first kappa shape index (κ1) is 26.5. The molecule has 3 aromatic rings. The average Bonchev–Trinajstić information content (AvgIpc) is 3.38. The van der Waals surface area contributed by atoms with Gasteiger partial charge in [-0.1, -0.05) is 18.2 Å². The number of nitrogens with one attached hydrogen (secondary N) is 3. The number of benzene rings is 2. The number of urea groups is 1. The molecule has 3 aliphatic rings. The smallest absolute Gasteiger partial charge is 0.333 e. The number of rotatable bonds is 5. The van der Waals surface area contributed by atoms with Crippen molar-refractivity contribution in [3.05, 3.63) is 53.1 Å². The third-order valence-electron chi connectivity index (χ3n) is 8.16. The summed E-state index contributed by atoms with van der Waals surface area (Å²) in [6.45, 7) is 13.2. The van der Waals surface area contributed by atoms with E-state index >= 15 is 0 Å². The Morgan fingerprint density at radius 1 is 1.00 bits per heavy atom. The number of anilines is 2. The van der Waals surface area contributed by atoms with Crippen LogP contribution >= 0.6 is 0 Å². The molecule has 10 heteroatoms. The topological polar surface area (TPSA) is 106 Å². The fourth-order valence-corrected chi connectivity index (χ4v) is 5.98. The molecule has 2 fully saturated rings. The Morgan fingerprint density at radius 2 is 1.82 bits per heavy atom. The van der Waals surface area contributed by atoms with Crippen molar-refractivity contribution in [3.63, 3.8) is 0 Å². The molecule has 3 heterocycles. The molecule has 10 nitrogen and oxygen atoms in total. The molecule has 210 valence electrons. The van der Waals surface area contributed by atoms with Crippen molar-refractivity contribution in [2.45, 2.75) is 33.2 Å². The molecule has 40 heavy (non-hydrogen) atoms. The summed E-state index contributed by atoms with van der Waals surface area (Å²) in [5.74, 6) is -0.138. The molecule has 2 aliphatic heterocycles. The van der Waals surface area contributed by atoms with Gasteiger partial charge in [0.1, 0.15) is 5.69 Å². The molecule has 1 aliphatic carbocycles. The Bertz CT molecular complexity index is 1430. The number of aromatic nitrogens is 2. The molecule has 3 N–H and O–H groups in total. The SMILES string of the molecule is Cc1cc(N2CCCN(C(C)C)CC2)ccc1-c1[nH]nc2c1C(=O)c1c(NC(=O)NN3CCOCC3)cccc1-2. The summed E-state index contributed by atoms with van der Waals surface area (Å²) in [4.78, 5) is 31.5. The second kappa shape index (κ2) is 11.0. The number of H-pyrrole nitrogens is 1. The molecule has 2 amide bonds. The number of morpholine rings is 1. The monoisotopic (exact) mass is 543 g/mol. The second-order valence-corrected chi connectivity index (χ2v) is 11.0. The lowest BCUT2D eigenvalue weighted by Gasteiger charge is -2.27. The molecule has 0 atom stereocenters. The number of amides is 2. The lowest BCUT2D eigenvalue weighted by atomic mass is 9.99. The number of fused-ring (bicyclic) bond motifs is 3. The van der Waals surface area contributed by atoms with Crippen LogP contribution in [0.1, 0.15) is 41.8 Å². The van der Waals surface area contributed by atoms with Crippen LogP contribution in [0.25, 0.3) is 22.5 Å². The maximum atomic E-state index is 13.8. The number of aryl methyl sites for hydroxylation is 1. The number of carbonyl (C=O) groups excluding carboxylic acids is 2. The van der Waals surface area contributed by atoms with Crippen LogP contribution in [0.2, 0.25) is 0 Å². The van der Waals surface area contributed by atoms with Gasteiger partial charge in [0.25, 0.3) is 0 Å². The van der Waals surface area contributed by atoms with Crippen molar-refractivity contribution in [2.24, 2.45) is 0 Å². The van der Waals surface area contributed by atoms with Crippen molar-refractivity contribution in [3.8, 4) is 22.5 Å². The highest BCUT2D eigenvalue weighted by molar-refractivity contribution is 6.27. The van der Waals surface area contributed by atoms with Crippen molar-refractivity contribution < 1.29 is 14.3 Å². The highest BCUT2D eigenvalue weighted by Crippen LogP contribution is 2.43. The van der Waals surface area contributed by atoms with E-state index in [1.807, 2.05) is 17.1 Å². The van der Waals surface area contributed by atoms with Crippen LogP contribution in [0, 0.1) is 6.92 Å². The zero-order chi connectivity index (χ0) is 27.8. The number of nitrogens with zero attached hydrogens (tertiary/aromatic N) is 4. The number of hydrogen-bond acceptors (Lipinski definition) is 7. The van der Waals surface area contributed by atoms with Gasteiger partial charge in [0, 0.05) is 62.1 Å². The van der Waals surface area contributed by atoms with Crippen LogP contribution in [0.5, 0.6) is 0 Å². The first-order valence-corrected chi connectivity index (χ1v) is 14.2. The summed E-state index contributed by atoms with van der Waals surface area (Å²) >= 11 is 0. The zero-order valence-corrected chi connectivity index (χ0v) is 23.4. The molecule has 0 radical (unpaired) electrons. The number of hydrogen-bond donors (Lipinski definition) is 3. The molecule has 2 aromatic carbocycles. The van der Waals surface area contributed by atoms with Gasteiger partial charge in [0.05, 0.1) is 35.7 Å². The van der Waals surface area contributed by atoms with E-state index in [-0.39, 0.29) is 11.8 Å². The van der Waals surface area contributed by atoms with Gasteiger partial charge in [-0.15, -0.1) is 0 Å². The van der Waals surface area contributed by atoms with Crippen LogP contribution in [-0.4, -0.2) is 90.4 Å². The van der Waals surface area contributed by atoms with E-state index in [0.29, 0.717) is 60.5 Å². The first-order valence-electron chi connectivity index (χ1n) is 14.2. The Kier molecular flexibility index (Phi) is 7.31. The highest BCUT2D eigenvalue weighted by atomic mass is 16.5. The number of carbonyl (C=O) groups is 2. The fourth-order valence-electron chi connectivity index (χ4n) is 5.98. The van der Waals surface area contributed by atoms with Gasteiger partial charge in [-0.05, 0) is 51.0 Å². The maximum absolute atomic E-state index is 13.8. The predicted molar refractivity (Wildman–Crippen MR) is 156 cm³/mol. The standard InChI is InChI=1S/C30H37N7O3/c1-19(2)35-10-5-11-36(13-12-35)21-8-9-22(20(3)18-21)27-26-28(33-32-27)23-6-4-7-24(25(23)29(26)38)31-30(39)34-37-14-16-40-17-15-37/h4,6-9,18-19H,5,10-17H2,1-3H3,(H,32,33)(H2,31,34,39). The Balaban J connectivity index is 1.23. The van der Waals surface area contributed by atoms with Crippen LogP contribution < -0.4 is 15.6 Å². The molecule has 1 aromatic heterocycles. The van der Waals surface area contributed by atoms with E-state index in [2.05, 4.69) is 69.7 Å². The van der Waals surface area contributed by atoms with Crippen LogP contribution in [0.15, 0.2) is 36.4 Å². The molecular weight excluding hydrogens is 506 g/mol. The van der Waals surface area contributed by atoms with Crippen LogP contribution in [-0.2, 0) is 4.74 Å². The number of ether oxygens (including phenoxy) is 1. The average molecular weight is 544 g/mol. The highest BCUT2D eigenvalue weighted by Gasteiger charge is 2.35. The lowest BCUT2D eigenvalue weighted by Crippen LogP contribution is -2.49. The van der Waals surface area contributed by atoms with Crippen molar-refractivity contribution in [2.75, 3.05) is 62.7 Å². The molecule has 0 bridgehead atoms. The van der Waals surface area contributed by atoms with Gasteiger partial charge >= 0.3 is 6.03 Å². The summed E-state index contributed by atoms with van der Waals surface area (Å²) in [7, 11) is 0. The van der Waals surface area contributed by atoms with E-state index in [1.54, 1.807) is 6.07 Å². The van der Waals surface area contributed by atoms with E-state index in [0.717, 1.165) is 49.3 Å². The third kappa shape index (κ3) is 4.98. The zero-order valence-electron chi connectivity index (χ0n) is 23.4. The summed E-state index contributed by atoms with van der Waals surface area (Å²) in [5.41, 5.74) is 9.64. The van der Waals surface area contributed by atoms with Gasteiger partial charge in [-0.3, -0.25) is 20.2 Å². The van der Waals surface area contributed by atoms with Gasteiger partial charge in [0.2, 0.25) is 0 Å².